The molecule has 1 aromatic heterocycles. The third-order valence-electron chi connectivity index (χ3n) is 3.45. The Morgan fingerprint density at radius 3 is 2.72 bits per heavy atom. The van der Waals surface area contributed by atoms with Crippen molar-refractivity contribution in [3.8, 4) is 0 Å². The highest BCUT2D eigenvalue weighted by Gasteiger charge is 2.25. The number of carbonyl (C=O) groups is 1. The number of thiophene rings is 1. The molecule has 0 saturated heterocycles. The van der Waals surface area contributed by atoms with Crippen molar-refractivity contribution in [3.63, 3.8) is 0 Å². The summed E-state index contributed by atoms with van der Waals surface area (Å²) in [6.45, 7) is 8.94. The Kier molecular flexibility index (Phi) is 5.35. The summed E-state index contributed by atoms with van der Waals surface area (Å²) in [4.78, 5) is 13.2. The second-order valence-electron chi connectivity index (χ2n) is 5.49. The maximum atomic E-state index is 11.9. The highest BCUT2D eigenvalue weighted by Crippen LogP contribution is 2.26. The number of nitrogens with one attached hydrogen (secondary N) is 1. The van der Waals surface area contributed by atoms with Crippen LogP contribution in [0.3, 0.4) is 0 Å². The van der Waals surface area contributed by atoms with E-state index in [1.165, 1.54) is 4.88 Å². The first-order valence-corrected chi connectivity index (χ1v) is 7.33. The first kappa shape index (κ1) is 15.2. The number of hydrogen-bond donors (Lipinski definition) is 2. The molecule has 2 atom stereocenters. The lowest BCUT2D eigenvalue weighted by Gasteiger charge is -2.25. The molecular weight excluding hydrogens is 244 g/mol. The molecule has 0 spiro atoms. The van der Waals surface area contributed by atoms with E-state index in [0.29, 0.717) is 6.54 Å². The van der Waals surface area contributed by atoms with Crippen LogP contribution in [-0.4, -0.2) is 18.5 Å². The highest BCUT2D eigenvalue weighted by atomic mass is 32.1. The molecule has 1 rings (SSSR count). The van der Waals surface area contributed by atoms with E-state index in [1.54, 1.807) is 11.3 Å². The molecule has 102 valence electrons. The summed E-state index contributed by atoms with van der Waals surface area (Å²) in [5.41, 5.74) is 5.87. The lowest BCUT2D eigenvalue weighted by molar-refractivity contribution is -0.123. The van der Waals surface area contributed by atoms with Crippen molar-refractivity contribution in [1.82, 2.24) is 5.32 Å². The molecule has 0 aromatic carbocycles. The first-order valence-electron chi connectivity index (χ1n) is 6.45. The van der Waals surface area contributed by atoms with Crippen LogP contribution in [0.2, 0.25) is 0 Å². The lowest BCUT2D eigenvalue weighted by Crippen LogP contribution is -2.47. The Morgan fingerprint density at radius 1 is 1.56 bits per heavy atom. The average molecular weight is 268 g/mol. The third-order valence-corrected chi connectivity index (χ3v) is 4.69. The van der Waals surface area contributed by atoms with Crippen LogP contribution in [0.5, 0.6) is 0 Å². The van der Waals surface area contributed by atoms with Gasteiger partial charge < -0.3 is 11.1 Å². The van der Waals surface area contributed by atoms with Crippen LogP contribution >= 0.6 is 11.3 Å². The molecule has 0 unspecified atom stereocenters. The van der Waals surface area contributed by atoms with E-state index in [1.807, 2.05) is 19.9 Å². The van der Waals surface area contributed by atoms with Crippen LogP contribution in [0.25, 0.3) is 0 Å². The van der Waals surface area contributed by atoms with Crippen molar-refractivity contribution in [1.29, 1.82) is 0 Å². The molecular formula is C14H24N2OS. The molecule has 0 aliphatic carbocycles. The standard InChI is InChI=1S/C14H24N2OS/c1-5-10(2)12(15)13(17)16-9-14(3,4)11-7-6-8-18-11/h6-8,10,12H,5,9,15H2,1-4H3,(H,16,17)/t10-,12-/m0/s1. The molecule has 1 aromatic rings. The van der Waals surface area contributed by atoms with Gasteiger partial charge in [0.25, 0.3) is 0 Å². The number of amides is 1. The van der Waals surface area contributed by atoms with Gasteiger partial charge in [-0.1, -0.05) is 40.2 Å². The minimum absolute atomic E-state index is 0.0427. The molecule has 1 heterocycles. The lowest BCUT2D eigenvalue weighted by atomic mass is 9.91. The predicted molar refractivity (Wildman–Crippen MR) is 77.8 cm³/mol. The van der Waals surface area contributed by atoms with Crippen molar-refractivity contribution in [2.24, 2.45) is 11.7 Å². The zero-order valence-electron chi connectivity index (χ0n) is 11.7. The Balaban J connectivity index is 2.52. The van der Waals surface area contributed by atoms with E-state index in [2.05, 4.69) is 30.6 Å². The molecule has 0 aliphatic heterocycles. The number of nitrogens with two attached hydrogens (primary N) is 1. The van der Waals surface area contributed by atoms with Crippen molar-refractivity contribution in [2.45, 2.75) is 45.6 Å². The third kappa shape index (κ3) is 3.82. The second kappa shape index (κ2) is 6.34. The Labute approximate surface area is 114 Å². The van der Waals surface area contributed by atoms with Crippen LogP contribution in [0.4, 0.5) is 0 Å². The minimum atomic E-state index is -0.408. The van der Waals surface area contributed by atoms with Gasteiger partial charge in [-0.2, -0.15) is 0 Å². The van der Waals surface area contributed by atoms with Gasteiger partial charge in [0.2, 0.25) is 5.91 Å². The molecule has 0 saturated carbocycles. The fourth-order valence-corrected chi connectivity index (χ4v) is 2.54. The van der Waals surface area contributed by atoms with Crippen LogP contribution < -0.4 is 11.1 Å². The van der Waals surface area contributed by atoms with E-state index in [4.69, 9.17) is 5.73 Å². The van der Waals surface area contributed by atoms with Crippen molar-refractivity contribution >= 4 is 17.2 Å². The predicted octanol–water partition coefficient (Wildman–Crippen LogP) is 2.52. The van der Waals surface area contributed by atoms with Gasteiger partial charge in [-0.3, -0.25) is 4.79 Å². The summed E-state index contributed by atoms with van der Waals surface area (Å²) in [6, 6.07) is 3.73. The first-order chi connectivity index (χ1) is 8.38. The summed E-state index contributed by atoms with van der Waals surface area (Å²) in [6.07, 6.45) is 0.920. The zero-order valence-corrected chi connectivity index (χ0v) is 12.5. The van der Waals surface area contributed by atoms with Crippen molar-refractivity contribution in [2.75, 3.05) is 6.54 Å². The van der Waals surface area contributed by atoms with Gasteiger partial charge in [0.05, 0.1) is 6.04 Å². The number of carbonyl (C=O) groups excluding carboxylic acids is 1. The van der Waals surface area contributed by atoms with Crippen molar-refractivity contribution in [3.05, 3.63) is 22.4 Å². The molecule has 0 aliphatic rings. The second-order valence-corrected chi connectivity index (χ2v) is 6.44. The maximum Gasteiger partial charge on any atom is 0.237 e. The van der Waals surface area contributed by atoms with Gasteiger partial charge in [0.15, 0.2) is 0 Å². The Bertz CT molecular complexity index is 373. The largest absolute Gasteiger partial charge is 0.354 e. The van der Waals surface area contributed by atoms with Gasteiger partial charge >= 0.3 is 0 Å². The quantitative estimate of drug-likeness (QED) is 0.833. The summed E-state index contributed by atoms with van der Waals surface area (Å²) >= 11 is 1.72. The molecule has 0 radical (unpaired) electrons. The van der Waals surface area contributed by atoms with E-state index >= 15 is 0 Å². The van der Waals surface area contributed by atoms with Crippen LogP contribution in [0, 0.1) is 5.92 Å². The SMILES string of the molecule is CC[C@H](C)[C@H](N)C(=O)NCC(C)(C)c1cccs1. The molecule has 0 bridgehead atoms. The van der Waals surface area contributed by atoms with Crippen LogP contribution in [0.1, 0.15) is 39.0 Å². The van der Waals surface area contributed by atoms with Crippen LogP contribution in [0.15, 0.2) is 17.5 Å². The highest BCUT2D eigenvalue weighted by molar-refractivity contribution is 7.10. The van der Waals surface area contributed by atoms with E-state index in [0.717, 1.165) is 6.42 Å². The van der Waals surface area contributed by atoms with Gasteiger partial charge in [0.1, 0.15) is 0 Å². The molecule has 18 heavy (non-hydrogen) atoms. The molecule has 3 nitrogen and oxygen atoms in total. The number of hydrogen-bond acceptors (Lipinski definition) is 3. The normalized spacial score (nSPS) is 15.2. The summed E-state index contributed by atoms with van der Waals surface area (Å²) in [5, 5.41) is 5.03. The molecule has 3 N–H and O–H groups in total. The van der Waals surface area contributed by atoms with E-state index in [9.17, 15) is 4.79 Å². The zero-order chi connectivity index (χ0) is 13.8. The minimum Gasteiger partial charge on any atom is -0.354 e. The summed E-state index contributed by atoms with van der Waals surface area (Å²) in [5.74, 6) is 0.170. The topological polar surface area (TPSA) is 55.1 Å². The Hall–Kier alpha value is -0.870. The average Bonchev–Trinajstić information content (AvgIpc) is 2.88. The van der Waals surface area contributed by atoms with Gasteiger partial charge in [0, 0.05) is 16.8 Å². The van der Waals surface area contributed by atoms with Gasteiger partial charge in [-0.05, 0) is 17.4 Å². The fourth-order valence-electron chi connectivity index (χ4n) is 1.69. The Morgan fingerprint density at radius 2 is 2.22 bits per heavy atom. The van der Waals surface area contributed by atoms with E-state index in [-0.39, 0.29) is 17.2 Å². The van der Waals surface area contributed by atoms with Crippen LogP contribution in [-0.2, 0) is 10.2 Å². The monoisotopic (exact) mass is 268 g/mol. The summed E-state index contributed by atoms with van der Waals surface area (Å²) < 4.78 is 0. The van der Waals surface area contributed by atoms with Gasteiger partial charge in [-0.15, -0.1) is 11.3 Å². The smallest absolute Gasteiger partial charge is 0.237 e. The van der Waals surface area contributed by atoms with E-state index < -0.39 is 6.04 Å². The summed E-state index contributed by atoms with van der Waals surface area (Å²) in [7, 11) is 0. The fraction of sp³-hybridized carbons (Fsp3) is 0.643. The van der Waals surface area contributed by atoms with Gasteiger partial charge in [-0.25, -0.2) is 0 Å². The molecule has 1 amide bonds. The molecule has 0 fully saturated rings. The van der Waals surface area contributed by atoms with Crippen molar-refractivity contribution < 1.29 is 4.79 Å². The molecule has 4 heteroatoms. The maximum absolute atomic E-state index is 11.9. The number of rotatable bonds is 6.